The number of benzene rings is 7. The van der Waals surface area contributed by atoms with Crippen molar-refractivity contribution in [2.75, 3.05) is 0 Å². The van der Waals surface area contributed by atoms with Crippen LogP contribution in [0.2, 0.25) is 0 Å². The number of para-hydroxylation sites is 5. The van der Waals surface area contributed by atoms with Crippen molar-refractivity contribution in [2.45, 2.75) is 0 Å². The zero-order valence-electron chi connectivity index (χ0n) is 30.4. The number of fused-ring (bicyclic) bond motifs is 12. The molecule has 0 spiro atoms. The van der Waals surface area contributed by atoms with Crippen LogP contribution in [0.1, 0.15) is 0 Å². The highest BCUT2D eigenvalue weighted by Crippen LogP contribution is 2.43. The van der Waals surface area contributed by atoms with Gasteiger partial charge in [0.05, 0.1) is 33.1 Å². The summed E-state index contributed by atoms with van der Waals surface area (Å²) in [4.78, 5) is 20.8. The van der Waals surface area contributed by atoms with Gasteiger partial charge in [0.1, 0.15) is 5.65 Å². The van der Waals surface area contributed by atoms with Crippen molar-refractivity contribution in [3.63, 3.8) is 0 Å². The Morgan fingerprint density at radius 3 is 1.49 bits per heavy atom. The molecule has 0 saturated carbocycles. The maximum atomic E-state index is 5.33. The molecule has 6 heterocycles. The Bertz CT molecular complexity index is 3540. The molecule has 0 radical (unpaired) electrons. The summed E-state index contributed by atoms with van der Waals surface area (Å²) < 4.78 is 6.67. The molecule has 7 nitrogen and oxygen atoms in total. The van der Waals surface area contributed by atoms with Crippen molar-refractivity contribution < 1.29 is 0 Å². The Balaban J connectivity index is 1.08. The molecule has 0 aliphatic heterocycles. The fourth-order valence-electron chi connectivity index (χ4n) is 9.36. The van der Waals surface area contributed by atoms with E-state index in [1.54, 1.807) is 0 Å². The Morgan fingerprint density at radius 2 is 0.860 bits per heavy atom. The van der Waals surface area contributed by atoms with Crippen molar-refractivity contribution >= 4 is 81.8 Å². The van der Waals surface area contributed by atoms with Crippen LogP contribution in [0.15, 0.2) is 176 Å². The van der Waals surface area contributed by atoms with E-state index in [1.165, 1.54) is 27.1 Å². The van der Waals surface area contributed by atoms with Crippen LogP contribution in [0.25, 0.3) is 116 Å². The molecule has 0 aliphatic carbocycles. The Hall–Kier alpha value is -7.90. The molecule has 6 aromatic heterocycles. The molecule has 7 aromatic carbocycles. The zero-order chi connectivity index (χ0) is 37.2. The van der Waals surface area contributed by atoms with Gasteiger partial charge in [-0.1, -0.05) is 121 Å². The molecule has 0 bridgehead atoms. The molecular formula is C50H29N7. The van der Waals surface area contributed by atoms with E-state index < -0.39 is 0 Å². The van der Waals surface area contributed by atoms with Crippen LogP contribution in [-0.4, -0.2) is 33.5 Å². The van der Waals surface area contributed by atoms with Crippen molar-refractivity contribution in [3.05, 3.63) is 176 Å². The largest absolute Gasteiger partial charge is 0.293 e. The maximum Gasteiger partial charge on any atom is 0.240 e. The van der Waals surface area contributed by atoms with Crippen LogP contribution in [0.3, 0.4) is 0 Å². The third kappa shape index (κ3) is 4.14. The summed E-state index contributed by atoms with van der Waals surface area (Å²) in [5.41, 5.74) is 10.6. The van der Waals surface area contributed by atoms with Crippen molar-refractivity contribution in [1.82, 2.24) is 33.5 Å². The van der Waals surface area contributed by atoms with Gasteiger partial charge >= 0.3 is 0 Å². The van der Waals surface area contributed by atoms with Gasteiger partial charge in [0.15, 0.2) is 5.82 Å². The molecule has 0 amide bonds. The Morgan fingerprint density at radius 1 is 0.368 bits per heavy atom. The van der Waals surface area contributed by atoms with Gasteiger partial charge in [0, 0.05) is 54.9 Å². The first-order valence-corrected chi connectivity index (χ1v) is 19.2. The number of nitrogens with zero attached hydrogens (tertiary/aromatic N) is 7. The molecule has 0 unspecified atom stereocenters. The van der Waals surface area contributed by atoms with Gasteiger partial charge in [-0.25, -0.2) is 4.98 Å². The van der Waals surface area contributed by atoms with Gasteiger partial charge < -0.3 is 0 Å². The van der Waals surface area contributed by atoms with Crippen LogP contribution in [-0.2, 0) is 0 Å². The van der Waals surface area contributed by atoms with Gasteiger partial charge in [-0.3, -0.25) is 13.5 Å². The van der Waals surface area contributed by atoms with Gasteiger partial charge in [-0.05, 0) is 59.7 Å². The molecule has 0 saturated heterocycles. The first-order chi connectivity index (χ1) is 28.3. The molecule has 0 fully saturated rings. The van der Waals surface area contributed by atoms with Crippen LogP contribution in [0, 0.1) is 0 Å². The number of pyridine rings is 1. The van der Waals surface area contributed by atoms with E-state index >= 15 is 0 Å². The number of hydrogen-bond donors (Lipinski definition) is 0. The zero-order valence-corrected chi connectivity index (χ0v) is 30.4. The van der Waals surface area contributed by atoms with Crippen molar-refractivity contribution in [1.29, 1.82) is 0 Å². The van der Waals surface area contributed by atoms with Gasteiger partial charge in [-0.15, -0.1) is 0 Å². The maximum absolute atomic E-state index is 5.33. The molecule has 264 valence electrons. The summed E-state index contributed by atoms with van der Waals surface area (Å²) >= 11 is 0. The lowest BCUT2D eigenvalue weighted by atomic mass is 9.97. The summed E-state index contributed by atoms with van der Waals surface area (Å²) in [5.74, 6) is 1.72. The van der Waals surface area contributed by atoms with E-state index in [2.05, 4.69) is 177 Å². The van der Waals surface area contributed by atoms with Crippen LogP contribution in [0.4, 0.5) is 0 Å². The third-order valence-electron chi connectivity index (χ3n) is 11.7. The molecule has 0 aliphatic rings. The van der Waals surface area contributed by atoms with Crippen LogP contribution in [0.5, 0.6) is 0 Å². The molecule has 0 N–H and O–H groups in total. The minimum atomic E-state index is 0.561. The second-order valence-electron chi connectivity index (χ2n) is 14.7. The third-order valence-corrected chi connectivity index (χ3v) is 11.7. The van der Waals surface area contributed by atoms with Gasteiger partial charge in [-0.2, -0.15) is 15.0 Å². The summed E-state index contributed by atoms with van der Waals surface area (Å²) in [7, 11) is 0. The highest BCUT2D eigenvalue weighted by Gasteiger charge is 2.22. The van der Waals surface area contributed by atoms with Crippen molar-refractivity contribution in [2.24, 2.45) is 0 Å². The van der Waals surface area contributed by atoms with E-state index in [9.17, 15) is 0 Å². The van der Waals surface area contributed by atoms with E-state index in [0.29, 0.717) is 17.7 Å². The average molecular weight is 728 g/mol. The summed E-state index contributed by atoms with van der Waals surface area (Å²) in [6.07, 6.45) is 1.88. The van der Waals surface area contributed by atoms with Gasteiger partial charge in [0.2, 0.25) is 11.9 Å². The second kappa shape index (κ2) is 11.3. The Labute approximate surface area is 324 Å². The van der Waals surface area contributed by atoms with Crippen LogP contribution < -0.4 is 0 Å². The lowest BCUT2D eigenvalue weighted by Gasteiger charge is -2.13. The second-order valence-corrected chi connectivity index (χ2v) is 14.7. The fraction of sp³-hybridized carbons (Fsp3) is 0. The minimum Gasteiger partial charge on any atom is -0.293 e. The SMILES string of the molecule is c1cc(-c2nc(-n3c4ccccc4c4ccccc43)nc(-n3c4ccccc4c4ccccc43)n2)cc(-c2cccc3c2c2cccc4c5cccnc5n3c42)c1. The minimum absolute atomic E-state index is 0.561. The number of hydrogen-bond acceptors (Lipinski definition) is 4. The van der Waals surface area contributed by atoms with E-state index in [4.69, 9.17) is 19.9 Å². The molecule has 7 heteroatoms. The van der Waals surface area contributed by atoms with Crippen LogP contribution >= 0.6 is 0 Å². The normalized spacial score (nSPS) is 12.2. The predicted molar refractivity (Wildman–Crippen MR) is 232 cm³/mol. The summed E-state index contributed by atoms with van der Waals surface area (Å²) in [6.45, 7) is 0. The lowest BCUT2D eigenvalue weighted by molar-refractivity contribution is 0.893. The quantitative estimate of drug-likeness (QED) is 0.181. The van der Waals surface area contributed by atoms with Crippen molar-refractivity contribution in [3.8, 4) is 34.4 Å². The molecule has 13 rings (SSSR count). The number of rotatable bonds is 4. The lowest BCUT2D eigenvalue weighted by Crippen LogP contribution is -2.10. The average Bonchev–Trinajstić information content (AvgIpc) is 4.01. The van der Waals surface area contributed by atoms with Gasteiger partial charge in [0.25, 0.3) is 0 Å². The van der Waals surface area contributed by atoms with E-state index in [0.717, 1.165) is 71.5 Å². The van der Waals surface area contributed by atoms with E-state index in [1.807, 2.05) is 12.3 Å². The monoisotopic (exact) mass is 727 g/mol. The predicted octanol–water partition coefficient (Wildman–Crippen LogP) is 11.9. The Kier molecular flexibility index (Phi) is 6.04. The number of aromatic nitrogens is 7. The first-order valence-electron chi connectivity index (χ1n) is 19.2. The highest BCUT2D eigenvalue weighted by molar-refractivity contribution is 6.25. The molecule has 57 heavy (non-hydrogen) atoms. The smallest absolute Gasteiger partial charge is 0.240 e. The first kappa shape index (κ1) is 30.4. The molecule has 0 atom stereocenters. The topological polar surface area (TPSA) is 65.8 Å². The molecular weight excluding hydrogens is 699 g/mol. The molecule has 13 aromatic rings. The highest BCUT2D eigenvalue weighted by atomic mass is 15.3. The summed E-state index contributed by atoms with van der Waals surface area (Å²) in [5, 5.41) is 9.40. The standard InChI is InChI=1S/C50H29N7/c1-5-23-40-33(15-1)34-16-2-6-24-41(34)55(40)49-52-47(53-50(54-49)56-42-25-7-3-17-35(42)36-18-4-8-26-43(36)56)31-14-9-13-30(29-31)32-19-11-27-44-45(32)39-21-10-20-37-38-22-12-28-51-48(38)57(44)46(37)39/h1-29H. The fourth-order valence-corrected chi connectivity index (χ4v) is 9.36. The van der Waals surface area contributed by atoms with E-state index in [-0.39, 0.29) is 0 Å². The summed E-state index contributed by atoms with van der Waals surface area (Å²) in [6, 6.07) is 59.9.